The quantitative estimate of drug-likeness (QED) is 0.712. The molecule has 0 aromatic heterocycles. The van der Waals surface area contributed by atoms with E-state index in [9.17, 15) is 0 Å². The van der Waals surface area contributed by atoms with Crippen LogP contribution in [0.1, 0.15) is 11.1 Å². The first kappa shape index (κ1) is 11.9. The number of rotatable bonds is 3. The largest absolute Gasteiger partial charge is 0.0984 e. The maximum Gasteiger partial charge on any atom is 0.0182 e. The van der Waals surface area contributed by atoms with Gasteiger partial charge in [0.1, 0.15) is 0 Å². The SMILES string of the molecule is C=Cc1c(C(=C)Br)cccc1-c1ccccc1. The van der Waals surface area contributed by atoms with Gasteiger partial charge in [-0.25, -0.2) is 0 Å². The van der Waals surface area contributed by atoms with Crippen LogP contribution in [0.4, 0.5) is 0 Å². The van der Waals surface area contributed by atoms with Crippen molar-refractivity contribution in [2.24, 2.45) is 0 Å². The lowest BCUT2D eigenvalue weighted by atomic mass is 9.95. The van der Waals surface area contributed by atoms with Gasteiger partial charge in [-0.15, -0.1) is 0 Å². The van der Waals surface area contributed by atoms with E-state index in [0.717, 1.165) is 15.6 Å². The van der Waals surface area contributed by atoms with Crippen LogP contribution in [0.5, 0.6) is 0 Å². The Morgan fingerprint density at radius 2 is 1.71 bits per heavy atom. The summed E-state index contributed by atoms with van der Waals surface area (Å²) in [5, 5.41) is 0. The fourth-order valence-corrected chi connectivity index (χ4v) is 2.24. The molecule has 0 radical (unpaired) electrons. The molecule has 0 fully saturated rings. The highest BCUT2D eigenvalue weighted by Gasteiger charge is 2.07. The zero-order chi connectivity index (χ0) is 12.3. The zero-order valence-corrected chi connectivity index (χ0v) is 11.1. The van der Waals surface area contributed by atoms with E-state index in [2.05, 4.69) is 47.3 Å². The van der Waals surface area contributed by atoms with E-state index in [-0.39, 0.29) is 0 Å². The third-order valence-corrected chi connectivity index (χ3v) is 3.11. The van der Waals surface area contributed by atoms with Gasteiger partial charge in [-0.2, -0.15) is 0 Å². The van der Waals surface area contributed by atoms with Crippen molar-refractivity contribution in [2.45, 2.75) is 0 Å². The van der Waals surface area contributed by atoms with Crippen molar-refractivity contribution in [3.05, 3.63) is 72.8 Å². The molecule has 0 nitrogen and oxygen atoms in total. The average Bonchev–Trinajstić information content (AvgIpc) is 2.38. The number of benzene rings is 2. The molecule has 0 aliphatic heterocycles. The maximum absolute atomic E-state index is 3.94. The van der Waals surface area contributed by atoms with Crippen molar-refractivity contribution in [3.63, 3.8) is 0 Å². The first-order chi connectivity index (χ1) is 8.24. The fourth-order valence-electron chi connectivity index (χ4n) is 1.89. The standard InChI is InChI=1S/C16H13Br/c1-3-14-15(12(2)17)10-7-11-16(14)13-8-5-4-6-9-13/h3-11H,1-2H2. The number of halogens is 1. The summed E-state index contributed by atoms with van der Waals surface area (Å²) in [5.41, 5.74) is 4.57. The second-order valence-corrected chi connectivity index (χ2v) is 4.70. The molecule has 0 bridgehead atoms. The Hall–Kier alpha value is -1.60. The summed E-state index contributed by atoms with van der Waals surface area (Å²) in [6.07, 6.45) is 1.88. The summed E-state index contributed by atoms with van der Waals surface area (Å²) < 4.78 is 0.880. The predicted octanol–water partition coefficient (Wildman–Crippen LogP) is 5.36. The third kappa shape index (κ3) is 2.40. The second-order valence-electron chi connectivity index (χ2n) is 3.74. The fraction of sp³-hybridized carbons (Fsp3) is 0. The van der Waals surface area contributed by atoms with Crippen LogP contribution >= 0.6 is 15.9 Å². The molecule has 2 rings (SSSR count). The molecular formula is C16H13Br. The van der Waals surface area contributed by atoms with Gasteiger partial charge in [-0.3, -0.25) is 0 Å². The van der Waals surface area contributed by atoms with Crippen molar-refractivity contribution >= 4 is 26.5 Å². The molecule has 2 aromatic carbocycles. The molecule has 0 atom stereocenters. The minimum absolute atomic E-state index is 0.880. The van der Waals surface area contributed by atoms with Gasteiger partial charge in [0.25, 0.3) is 0 Å². The van der Waals surface area contributed by atoms with Crippen LogP contribution in [0.3, 0.4) is 0 Å². The Kier molecular flexibility index (Phi) is 3.60. The minimum atomic E-state index is 0.880. The summed E-state index contributed by atoms with van der Waals surface area (Å²) in [6, 6.07) is 16.5. The van der Waals surface area contributed by atoms with Gasteiger partial charge in [-0.05, 0) is 22.3 Å². The van der Waals surface area contributed by atoms with Crippen LogP contribution in [0.15, 0.2) is 61.7 Å². The topological polar surface area (TPSA) is 0 Å². The summed E-state index contributed by atoms with van der Waals surface area (Å²) >= 11 is 3.44. The molecule has 17 heavy (non-hydrogen) atoms. The van der Waals surface area contributed by atoms with Crippen molar-refractivity contribution in [2.75, 3.05) is 0 Å². The Labute approximate surface area is 110 Å². The molecule has 1 heteroatoms. The molecule has 0 N–H and O–H groups in total. The molecule has 0 spiro atoms. The lowest BCUT2D eigenvalue weighted by Crippen LogP contribution is -1.88. The Morgan fingerprint density at radius 3 is 2.29 bits per heavy atom. The molecule has 0 aliphatic rings. The highest BCUT2D eigenvalue weighted by atomic mass is 79.9. The Morgan fingerprint density at radius 1 is 1.00 bits per heavy atom. The van der Waals surface area contributed by atoms with Crippen LogP contribution in [0.2, 0.25) is 0 Å². The first-order valence-electron chi connectivity index (χ1n) is 5.39. The minimum Gasteiger partial charge on any atom is -0.0984 e. The molecule has 0 amide bonds. The highest BCUT2D eigenvalue weighted by molar-refractivity contribution is 9.15. The summed E-state index contributed by atoms with van der Waals surface area (Å²) in [6.45, 7) is 7.84. The van der Waals surface area contributed by atoms with Gasteiger partial charge in [0.05, 0.1) is 0 Å². The van der Waals surface area contributed by atoms with Gasteiger partial charge in [-0.1, -0.05) is 83.7 Å². The smallest absolute Gasteiger partial charge is 0.0182 e. The molecule has 0 unspecified atom stereocenters. The Balaban J connectivity index is 2.67. The molecule has 0 heterocycles. The van der Waals surface area contributed by atoms with Crippen molar-refractivity contribution < 1.29 is 0 Å². The van der Waals surface area contributed by atoms with Gasteiger partial charge in [0.15, 0.2) is 0 Å². The van der Waals surface area contributed by atoms with Crippen molar-refractivity contribution in [1.29, 1.82) is 0 Å². The van der Waals surface area contributed by atoms with Crippen LogP contribution in [-0.2, 0) is 0 Å². The van der Waals surface area contributed by atoms with Gasteiger partial charge in [0.2, 0.25) is 0 Å². The molecule has 0 saturated carbocycles. The van der Waals surface area contributed by atoms with E-state index >= 15 is 0 Å². The number of hydrogen-bond acceptors (Lipinski definition) is 0. The molecular weight excluding hydrogens is 272 g/mol. The van der Waals surface area contributed by atoms with Crippen molar-refractivity contribution in [3.8, 4) is 11.1 Å². The predicted molar refractivity (Wildman–Crippen MR) is 79.9 cm³/mol. The van der Waals surface area contributed by atoms with Crippen LogP contribution in [0.25, 0.3) is 21.7 Å². The normalized spacial score (nSPS) is 9.94. The second kappa shape index (κ2) is 5.15. The van der Waals surface area contributed by atoms with Gasteiger partial charge < -0.3 is 0 Å². The van der Waals surface area contributed by atoms with E-state index < -0.39 is 0 Å². The molecule has 0 saturated heterocycles. The summed E-state index contributed by atoms with van der Waals surface area (Å²) in [7, 11) is 0. The highest BCUT2D eigenvalue weighted by Crippen LogP contribution is 2.32. The lowest BCUT2D eigenvalue weighted by molar-refractivity contribution is 1.56. The molecule has 2 aromatic rings. The first-order valence-corrected chi connectivity index (χ1v) is 6.19. The van der Waals surface area contributed by atoms with E-state index in [1.165, 1.54) is 11.1 Å². The zero-order valence-electron chi connectivity index (χ0n) is 9.49. The average molecular weight is 285 g/mol. The maximum atomic E-state index is 3.94. The van der Waals surface area contributed by atoms with Gasteiger partial charge >= 0.3 is 0 Å². The van der Waals surface area contributed by atoms with E-state index in [0.29, 0.717) is 0 Å². The summed E-state index contributed by atoms with van der Waals surface area (Å²) in [4.78, 5) is 0. The van der Waals surface area contributed by atoms with Crippen LogP contribution < -0.4 is 0 Å². The molecule has 84 valence electrons. The third-order valence-electron chi connectivity index (χ3n) is 2.69. The Bertz CT molecular complexity index is 553. The van der Waals surface area contributed by atoms with Crippen LogP contribution in [-0.4, -0.2) is 0 Å². The monoisotopic (exact) mass is 284 g/mol. The summed E-state index contributed by atoms with van der Waals surface area (Å²) in [5.74, 6) is 0. The number of hydrogen-bond donors (Lipinski definition) is 0. The van der Waals surface area contributed by atoms with Gasteiger partial charge in [0, 0.05) is 4.48 Å². The van der Waals surface area contributed by atoms with Crippen LogP contribution in [0, 0.1) is 0 Å². The lowest BCUT2D eigenvalue weighted by Gasteiger charge is -2.11. The molecule has 0 aliphatic carbocycles. The van der Waals surface area contributed by atoms with E-state index in [1.54, 1.807) is 0 Å². The van der Waals surface area contributed by atoms with Crippen molar-refractivity contribution in [1.82, 2.24) is 0 Å². The van der Waals surface area contributed by atoms with E-state index in [4.69, 9.17) is 0 Å². The van der Waals surface area contributed by atoms with E-state index in [1.807, 2.05) is 36.4 Å².